The molecule has 0 unspecified atom stereocenters. The summed E-state index contributed by atoms with van der Waals surface area (Å²) in [6, 6.07) is 6.26. The Morgan fingerprint density at radius 3 is 2.74 bits per heavy atom. The van der Waals surface area contributed by atoms with Gasteiger partial charge in [-0.3, -0.25) is 9.69 Å². The SMILES string of the molecule is COc1ccc(C)cc1CN1CCC(=O)CC1(C)C. The van der Waals surface area contributed by atoms with Crippen molar-refractivity contribution in [3.63, 3.8) is 0 Å². The number of methoxy groups -OCH3 is 1. The first-order chi connectivity index (χ1) is 8.92. The first-order valence-electron chi connectivity index (χ1n) is 6.82. The fourth-order valence-corrected chi connectivity index (χ4v) is 2.77. The molecule has 0 atom stereocenters. The Bertz CT molecular complexity index is 480. The molecule has 1 aromatic carbocycles. The summed E-state index contributed by atoms with van der Waals surface area (Å²) in [5.41, 5.74) is 2.37. The summed E-state index contributed by atoms with van der Waals surface area (Å²) in [6.45, 7) is 8.06. The number of benzene rings is 1. The number of ketones is 1. The smallest absolute Gasteiger partial charge is 0.136 e. The van der Waals surface area contributed by atoms with Crippen LogP contribution in [0.4, 0.5) is 0 Å². The van der Waals surface area contributed by atoms with E-state index >= 15 is 0 Å². The van der Waals surface area contributed by atoms with Crippen molar-refractivity contribution < 1.29 is 9.53 Å². The molecular formula is C16H23NO2. The monoisotopic (exact) mass is 261 g/mol. The summed E-state index contributed by atoms with van der Waals surface area (Å²) in [4.78, 5) is 14.0. The number of ether oxygens (including phenoxy) is 1. The number of piperidine rings is 1. The van der Waals surface area contributed by atoms with E-state index in [4.69, 9.17) is 4.74 Å². The van der Waals surface area contributed by atoms with Crippen molar-refractivity contribution in [3.05, 3.63) is 29.3 Å². The predicted molar refractivity (Wildman–Crippen MR) is 76.5 cm³/mol. The third kappa shape index (κ3) is 3.16. The van der Waals surface area contributed by atoms with Crippen molar-refractivity contribution in [1.82, 2.24) is 4.90 Å². The van der Waals surface area contributed by atoms with Gasteiger partial charge in [0.15, 0.2) is 0 Å². The fourth-order valence-electron chi connectivity index (χ4n) is 2.77. The Morgan fingerprint density at radius 1 is 1.37 bits per heavy atom. The van der Waals surface area contributed by atoms with Gasteiger partial charge < -0.3 is 4.74 Å². The number of carbonyl (C=O) groups is 1. The van der Waals surface area contributed by atoms with Gasteiger partial charge >= 0.3 is 0 Å². The van der Waals surface area contributed by atoms with Crippen LogP contribution in [-0.2, 0) is 11.3 Å². The van der Waals surface area contributed by atoms with Crippen molar-refractivity contribution >= 4 is 5.78 Å². The second kappa shape index (κ2) is 5.33. The lowest BCUT2D eigenvalue weighted by Gasteiger charge is -2.42. The van der Waals surface area contributed by atoms with Gasteiger partial charge in [-0.25, -0.2) is 0 Å². The minimum absolute atomic E-state index is 0.0654. The highest BCUT2D eigenvalue weighted by atomic mass is 16.5. The van der Waals surface area contributed by atoms with Crippen LogP contribution in [0.5, 0.6) is 5.75 Å². The molecule has 0 bridgehead atoms. The summed E-state index contributed by atoms with van der Waals surface area (Å²) in [6.07, 6.45) is 1.30. The molecule has 19 heavy (non-hydrogen) atoms. The van der Waals surface area contributed by atoms with E-state index in [9.17, 15) is 4.79 Å². The van der Waals surface area contributed by atoms with Gasteiger partial charge in [0.05, 0.1) is 7.11 Å². The van der Waals surface area contributed by atoms with E-state index in [0.29, 0.717) is 18.6 Å². The first kappa shape index (κ1) is 14.1. The normalized spacial score (nSPS) is 19.5. The molecule has 1 saturated heterocycles. The number of aryl methyl sites for hydroxylation is 1. The molecule has 0 radical (unpaired) electrons. The molecule has 3 nitrogen and oxygen atoms in total. The van der Waals surface area contributed by atoms with Gasteiger partial charge in [-0.15, -0.1) is 0 Å². The van der Waals surface area contributed by atoms with Crippen LogP contribution in [-0.4, -0.2) is 29.9 Å². The summed E-state index contributed by atoms with van der Waals surface area (Å²) in [5.74, 6) is 1.30. The first-order valence-corrected chi connectivity index (χ1v) is 6.82. The molecule has 104 valence electrons. The Hall–Kier alpha value is -1.35. The largest absolute Gasteiger partial charge is 0.496 e. The number of hydrogen-bond donors (Lipinski definition) is 0. The number of likely N-dealkylation sites (tertiary alicyclic amines) is 1. The maximum atomic E-state index is 11.6. The summed E-state index contributed by atoms with van der Waals surface area (Å²) in [7, 11) is 1.71. The summed E-state index contributed by atoms with van der Waals surface area (Å²) in [5, 5.41) is 0. The lowest BCUT2D eigenvalue weighted by Crippen LogP contribution is -2.49. The highest BCUT2D eigenvalue weighted by Crippen LogP contribution is 2.30. The lowest BCUT2D eigenvalue weighted by atomic mass is 9.89. The second-order valence-corrected chi connectivity index (χ2v) is 6.01. The topological polar surface area (TPSA) is 29.5 Å². The Morgan fingerprint density at radius 2 is 2.11 bits per heavy atom. The third-order valence-electron chi connectivity index (χ3n) is 3.94. The molecule has 0 saturated carbocycles. The van der Waals surface area contributed by atoms with Crippen molar-refractivity contribution in [2.75, 3.05) is 13.7 Å². The third-order valence-corrected chi connectivity index (χ3v) is 3.94. The van der Waals surface area contributed by atoms with E-state index in [1.54, 1.807) is 7.11 Å². The molecule has 3 heteroatoms. The zero-order valence-electron chi connectivity index (χ0n) is 12.3. The molecule has 2 rings (SSSR count). The average Bonchev–Trinajstić information content (AvgIpc) is 2.32. The minimum Gasteiger partial charge on any atom is -0.496 e. The Balaban J connectivity index is 2.21. The van der Waals surface area contributed by atoms with Crippen molar-refractivity contribution in [3.8, 4) is 5.75 Å². The van der Waals surface area contributed by atoms with Gasteiger partial charge in [-0.1, -0.05) is 17.7 Å². The molecule has 0 aromatic heterocycles. The molecule has 0 N–H and O–H groups in total. The quantitative estimate of drug-likeness (QED) is 0.838. The molecule has 1 aliphatic rings. The number of Topliss-reactive ketones (excluding diaryl/α,β-unsaturated/α-hetero) is 1. The number of rotatable bonds is 3. The van der Waals surface area contributed by atoms with Crippen molar-refractivity contribution in [2.45, 2.75) is 45.7 Å². The van der Waals surface area contributed by atoms with Crippen LogP contribution in [0.2, 0.25) is 0 Å². The Kier molecular flexibility index (Phi) is 3.95. The number of carbonyl (C=O) groups excluding carboxylic acids is 1. The van der Waals surface area contributed by atoms with Crippen LogP contribution < -0.4 is 4.74 Å². The predicted octanol–water partition coefficient (Wildman–Crippen LogP) is 2.95. The summed E-state index contributed by atoms with van der Waals surface area (Å²) >= 11 is 0. The van der Waals surface area contributed by atoms with Crippen LogP contribution in [0.3, 0.4) is 0 Å². The van der Waals surface area contributed by atoms with Gasteiger partial charge in [0.2, 0.25) is 0 Å². The molecule has 0 spiro atoms. The fraction of sp³-hybridized carbons (Fsp3) is 0.562. The van der Waals surface area contributed by atoms with E-state index in [1.807, 2.05) is 6.07 Å². The molecule has 1 heterocycles. The average molecular weight is 261 g/mol. The van der Waals surface area contributed by atoms with Gasteiger partial charge in [-0.2, -0.15) is 0 Å². The molecule has 1 aromatic rings. The second-order valence-electron chi connectivity index (χ2n) is 6.01. The van der Waals surface area contributed by atoms with Gasteiger partial charge in [0.25, 0.3) is 0 Å². The summed E-state index contributed by atoms with van der Waals surface area (Å²) < 4.78 is 5.44. The molecular weight excluding hydrogens is 238 g/mol. The van der Waals surface area contributed by atoms with Crippen molar-refractivity contribution in [2.24, 2.45) is 0 Å². The molecule has 1 aliphatic heterocycles. The number of hydrogen-bond acceptors (Lipinski definition) is 3. The Labute approximate surface area is 115 Å². The van der Waals surface area contributed by atoms with E-state index < -0.39 is 0 Å². The van der Waals surface area contributed by atoms with Crippen LogP contribution in [0.1, 0.15) is 37.8 Å². The van der Waals surface area contributed by atoms with Crippen LogP contribution in [0, 0.1) is 6.92 Å². The van der Waals surface area contributed by atoms with Gasteiger partial charge in [0, 0.05) is 37.0 Å². The maximum absolute atomic E-state index is 11.6. The number of nitrogens with zero attached hydrogens (tertiary/aromatic N) is 1. The maximum Gasteiger partial charge on any atom is 0.136 e. The highest BCUT2D eigenvalue weighted by molar-refractivity contribution is 5.80. The van der Waals surface area contributed by atoms with E-state index in [-0.39, 0.29) is 5.54 Å². The standard InChI is InChI=1S/C16H23NO2/c1-12-5-6-15(19-4)13(9-12)11-17-8-7-14(18)10-16(17,2)3/h5-6,9H,7-8,10-11H2,1-4H3. The van der Waals surface area contributed by atoms with Gasteiger partial charge in [0.1, 0.15) is 11.5 Å². The molecule has 0 aliphatic carbocycles. The van der Waals surface area contributed by atoms with Crippen LogP contribution >= 0.6 is 0 Å². The van der Waals surface area contributed by atoms with Gasteiger partial charge in [-0.05, 0) is 26.8 Å². The van der Waals surface area contributed by atoms with E-state index in [1.165, 1.54) is 11.1 Å². The molecule has 1 fully saturated rings. The van der Waals surface area contributed by atoms with Crippen LogP contribution in [0.15, 0.2) is 18.2 Å². The van der Waals surface area contributed by atoms with Crippen LogP contribution in [0.25, 0.3) is 0 Å². The zero-order chi connectivity index (χ0) is 14.0. The zero-order valence-corrected chi connectivity index (χ0v) is 12.3. The lowest BCUT2D eigenvalue weighted by molar-refractivity contribution is -0.125. The van der Waals surface area contributed by atoms with E-state index in [2.05, 4.69) is 37.8 Å². The van der Waals surface area contributed by atoms with Crippen molar-refractivity contribution in [1.29, 1.82) is 0 Å². The highest BCUT2D eigenvalue weighted by Gasteiger charge is 2.33. The molecule has 0 amide bonds. The van der Waals surface area contributed by atoms with E-state index in [0.717, 1.165) is 18.8 Å². The minimum atomic E-state index is -0.0654.